The maximum absolute atomic E-state index is 12.5. The van der Waals surface area contributed by atoms with Crippen LogP contribution in [0.2, 0.25) is 8.67 Å². The Bertz CT molecular complexity index is 820. The molecule has 2 aromatic rings. The summed E-state index contributed by atoms with van der Waals surface area (Å²) >= 11 is 15.6. The van der Waals surface area contributed by atoms with Crippen LogP contribution in [0.15, 0.2) is 33.6 Å². The molecule has 0 spiro atoms. The van der Waals surface area contributed by atoms with E-state index in [9.17, 15) is 21.6 Å². The molecule has 0 aliphatic carbocycles. The van der Waals surface area contributed by atoms with Gasteiger partial charge >= 0.3 is 6.18 Å². The molecule has 0 radical (unpaired) electrons. The molecule has 126 valence electrons. The van der Waals surface area contributed by atoms with Gasteiger partial charge in [-0.3, -0.25) is 0 Å². The van der Waals surface area contributed by atoms with Gasteiger partial charge in [0, 0.05) is 6.54 Å². The lowest BCUT2D eigenvalue weighted by Crippen LogP contribution is -2.23. The maximum Gasteiger partial charge on any atom is 0.416 e. The van der Waals surface area contributed by atoms with Crippen LogP contribution in [-0.2, 0) is 22.7 Å². The van der Waals surface area contributed by atoms with E-state index in [1.807, 2.05) is 0 Å². The van der Waals surface area contributed by atoms with Gasteiger partial charge in [-0.2, -0.15) is 13.2 Å². The van der Waals surface area contributed by atoms with Gasteiger partial charge in [0.05, 0.1) is 10.0 Å². The number of nitrogens with one attached hydrogen (secondary N) is 1. The van der Waals surface area contributed by atoms with E-state index < -0.39 is 21.8 Å². The van der Waals surface area contributed by atoms with Gasteiger partial charge in [-0.15, -0.1) is 11.3 Å². The Hall–Kier alpha value is -0.320. The highest BCUT2D eigenvalue weighted by molar-refractivity contribution is 9.10. The molecule has 1 aromatic carbocycles. The van der Waals surface area contributed by atoms with Crippen LogP contribution in [0.1, 0.15) is 11.1 Å². The largest absolute Gasteiger partial charge is 0.416 e. The predicted molar refractivity (Wildman–Crippen MR) is 87.5 cm³/mol. The van der Waals surface area contributed by atoms with Gasteiger partial charge in [0.1, 0.15) is 13.6 Å². The average molecular weight is 469 g/mol. The highest BCUT2D eigenvalue weighted by atomic mass is 79.9. The van der Waals surface area contributed by atoms with Crippen LogP contribution < -0.4 is 4.72 Å². The van der Waals surface area contributed by atoms with Crippen LogP contribution in [-0.4, -0.2) is 8.42 Å². The topological polar surface area (TPSA) is 46.2 Å². The molecule has 2 rings (SSSR count). The summed E-state index contributed by atoms with van der Waals surface area (Å²) in [6.07, 6.45) is -4.44. The zero-order valence-electron chi connectivity index (χ0n) is 10.9. The van der Waals surface area contributed by atoms with Gasteiger partial charge in [0.25, 0.3) is 0 Å². The lowest BCUT2D eigenvalue weighted by molar-refractivity contribution is -0.137. The molecule has 1 aromatic heterocycles. The lowest BCUT2D eigenvalue weighted by Gasteiger charge is -2.09. The molecule has 11 heteroatoms. The van der Waals surface area contributed by atoms with E-state index in [0.717, 1.165) is 23.5 Å². The molecule has 0 fully saturated rings. The van der Waals surface area contributed by atoms with E-state index in [2.05, 4.69) is 20.7 Å². The summed E-state index contributed by atoms with van der Waals surface area (Å²) in [4.78, 5) is -0.193. The number of alkyl halides is 3. The number of hydrogen-bond acceptors (Lipinski definition) is 3. The fourth-order valence-corrected chi connectivity index (χ4v) is 6.20. The van der Waals surface area contributed by atoms with Crippen LogP contribution in [0.5, 0.6) is 0 Å². The Kier molecular flexibility index (Phi) is 5.70. The summed E-state index contributed by atoms with van der Waals surface area (Å²) < 4.78 is 64.4. The first kappa shape index (κ1) is 19.0. The smallest absolute Gasteiger partial charge is 0.207 e. The molecule has 1 heterocycles. The first-order chi connectivity index (χ1) is 10.5. The first-order valence-corrected chi connectivity index (χ1v) is 9.66. The van der Waals surface area contributed by atoms with Crippen molar-refractivity contribution < 1.29 is 21.6 Å². The van der Waals surface area contributed by atoms with Gasteiger partial charge in [-0.25, -0.2) is 13.1 Å². The minimum absolute atomic E-state index is 0.0122. The van der Waals surface area contributed by atoms with Gasteiger partial charge < -0.3 is 0 Å². The normalized spacial score (nSPS) is 12.6. The number of hydrogen-bond donors (Lipinski definition) is 1. The van der Waals surface area contributed by atoms with Gasteiger partial charge in [0.15, 0.2) is 0 Å². The van der Waals surface area contributed by atoms with Crippen molar-refractivity contribution in [2.24, 2.45) is 0 Å². The van der Waals surface area contributed by atoms with Crippen molar-refractivity contribution >= 4 is 60.5 Å². The van der Waals surface area contributed by atoms with Crippen molar-refractivity contribution in [3.63, 3.8) is 0 Å². The van der Waals surface area contributed by atoms with Crippen molar-refractivity contribution in [2.75, 3.05) is 0 Å². The minimum atomic E-state index is -4.44. The molecule has 0 bridgehead atoms. The Labute approximate surface area is 152 Å². The molecular weight excluding hydrogens is 462 g/mol. The summed E-state index contributed by atoms with van der Waals surface area (Å²) in [5.41, 5.74) is -0.436. The van der Waals surface area contributed by atoms with E-state index >= 15 is 0 Å². The summed E-state index contributed by atoms with van der Waals surface area (Å²) in [5.74, 6) is 0. The lowest BCUT2D eigenvalue weighted by atomic mass is 10.1. The van der Waals surface area contributed by atoms with E-state index in [-0.39, 0.29) is 24.6 Å². The van der Waals surface area contributed by atoms with Gasteiger partial charge in [-0.05, 0) is 33.6 Å². The molecule has 0 saturated carbocycles. The second kappa shape index (κ2) is 6.89. The van der Waals surface area contributed by atoms with Crippen LogP contribution in [0, 0.1) is 0 Å². The Morgan fingerprint density at radius 2 is 1.70 bits per heavy atom. The van der Waals surface area contributed by atoms with Crippen molar-refractivity contribution in [1.82, 2.24) is 4.72 Å². The molecule has 0 aliphatic heterocycles. The van der Waals surface area contributed by atoms with Crippen LogP contribution in [0.25, 0.3) is 0 Å². The van der Waals surface area contributed by atoms with Crippen LogP contribution in [0.3, 0.4) is 0 Å². The first-order valence-electron chi connectivity index (χ1n) is 5.81. The van der Waals surface area contributed by atoms with E-state index in [1.165, 1.54) is 12.1 Å². The number of thiophene rings is 1. The number of benzene rings is 1. The summed E-state index contributed by atoms with van der Waals surface area (Å²) in [5, 5.41) is 0. The third-order valence-corrected chi connectivity index (χ3v) is 7.61. The van der Waals surface area contributed by atoms with Crippen LogP contribution in [0.4, 0.5) is 13.2 Å². The van der Waals surface area contributed by atoms with E-state index in [1.54, 1.807) is 0 Å². The van der Waals surface area contributed by atoms with Crippen molar-refractivity contribution in [1.29, 1.82) is 0 Å². The molecule has 3 nitrogen and oxygen atoms in total. The second-order valence-corrected chi connectivity index (χ2v) is 9.03. The standard InChI is InChI=1S/C12H7BrCl2F3NO2S2/c13-8-9(11(15)22-10(8)14)23(20,21)19-5-6-1-3-7(4-2-6)12(16,17)18/h1-4,19H,5H2. The highest BCUT2D eigenvalue weighted by Crippen LogP contribution is 2.42. The maximum atomic E-state index is 12.5. The quantitative estimate of drug-likeness (QED) is 0.660. The van der Waals surface area contributed by atoms with E-state index in [0.29, 0.717) is 5.56 Å². The molecule has 0 aliphatic rings. The third kappa shape index (κ3) is 4.40. The SMILES string of the molecule is O=S(=O)(NCc1ccc(C(F)(F)F)cc1)c1c(Cl)sc(Cl)c1Br. The Balaban J connectivity index is 2.17. The summed E-state index contributed by atoms with van der Waals surface area (Å²) in [6.45, 7) is -0.184. The zero-order valence-corrected chi connectivity index (χ0v) is 15.6. The van der Waals surface area contributed by atoms with Gasteiger partial charge in [-0.1, -0.05) is 35.3 Å². The van der Waals surface area contributed by atoms with Crippen molar-refractivity contribution in [3.8, 4) is 0 Å². The third-order valence-electron chi connectivity index (χ3n) is 2.75. The van der Waals surface area contributed by atoms with Gasteiger partial charge in [0.2, 0.25) is 10.0 Å². The number of rotatable bonds is 4. The molecule has 0 amide bonds. The highest BCUT2D eigenvalue weighted by Gasteiger charge is 2.30. The van der Waals surface area contributed by atoms with E-state index in [4.69, 9.17) is 23.2 Å². The Morgan fingerprint density at radius 1 is 1.13 bits per heavy atom. The minimum Gasteiger partial charge on any atom is -0.207 e. The zero-order chi connectivity index (χ0) is 17.4. The van der Waals surface area contributed by atoms with Crippen molar-refractivity contribution in [2.45, 2.75) is 17.6 Å². The van der Waals surface area contributed by atoms with Crippen LogP contribution >= 0.6 is 50.5 Å². The second-order valence-electron chi connectivity index (χ2n) is 4.31. The van der Waals surface area contributed by atoms with Crippen molar-refractivity contribution in [3.05, 3.63) is 48.5 Å². The molecule has 23 heavy (non-hydrogen) atoms. The molecule has 0 saturated heterocycles. The number of sulfonamides is 1. The fraction of sp³-hybridized carbons (Fsp3) is 0.167. The monoisotopic (exact) mass is 467 g/mol. The molecule has 0 atom stereocenters. The average Bonchev–Trinajstić information content (AvgIpc) is 2.70. The predicted octanol–water partition coefficient (Wildman–Crippen LogP) is 5.31. The summed E-state index contributed by atoms with van der Waals surface area (Å²) in [6, 6.07) is 4.16. The molecule has 1 N–H and O–H groups in total. The Morgan fingerprint density at radius 3 is 2.13 bits per heavy atom. The molecule has 0 unspecified atom stereocenters. The fourth-order valence-electron chi connectivity index (χ4n) is 1.63. The molecular formula is C12H7BrCl2F3NO2S2. The summed E-state index contributed by atoms with van der Waals surface area (Å²) in [7, 11) is -3.96. The number of halogens is 6.